The molecular formula is C17H18F3N3O3S. The number of rotatable bonds is 7. The number of hydrogen-bond acceptors (Lipinski definition) is 6. The molecule has 1 atom stereocenters. The van der Waals surface area contributed by atoms with E-state index in [9.17, 15) is 18.0 Å². The number of nitrogens with one attached hydrogen (secondary N) is 1. The fourth-order valence-electron chi connectivity index (χ4n) is 2.24. The van der Waals surface area contributed by atoms with Crippen LogP contribution >= 0.6 is 11.8 Å². The zero-order chi connectivity index (χ0) is 20.0. The molecule has 10 heteroatoms. The molecule has 1 amide bonds. The third kappa shape index (κ3) is 5.75. The topological polar surface area (TPSA) is 73.3 Å². The number of amides is 1. The highest BCUT2D eigenvalue weighted by molar-refractivity contribution is 7.99. The maximum atomic E-state index is 12.7. The minimum absolute atomic E-state index is 0.119. The summed E-state index contributed by atoms with van der Waals surface area (Å²) in [6.45, 7) is 1.76. The molecule has 146 valence electrons. The molecular weight excluding hydrogens is 383 g/mol. The van der Waals surface area contributed by atoms with Gasteiger partial charge in [0, 0.05) is 11.8 Å². The summed E-state index contributed by atoms with van der Waals surface area (Å²) in [5, 5.41) is 2.65. The summed E-state index contributed by atoms with van der Waals surface area (Å²) in [7, 11) is 3.04. The second kappa shape index (κ2) is 8.94. The monoisotopic (exact) mass is 401 g/mol. The van der Waals surface area contributed by atoms with E-state index in [1.54, 1.807) is 25.1 Å². The van der Waals surface area contributed by atoms with E-state index >= 15 is 0 Å². The lowest BCUT2D eigenvalue weighted by Crippen LogP contribution is -2.28. The molecule has 0 aliphatic heterocycles. The van der Waals surface area contributed by atoms with Crippen molar-refractivity contribution in [2.75, 3.05) is 20.0 Å². The molecule has 0 aliphatic carbocycles. The number of benzene rings is 1. The van der Waals surface area contributed by atoms with Crippen molar-refractivity contribution in [1.82, 2.24) is 15.3 Å². The van der Waals surface area contributed by atoms with Crippen LogP contribution in [0.5, 0.6) is 11.5 Å². The largest absolute Gasteiger partial charge is 0.497 e. The van der Waals surface area contributed by atoms with Crippen LogP contribution < -0.4 is 14.8 Å². The summed E-state index contributed by atoms with van der Waals surface area (Å²) in [6.07, 6.45) is -3.54. The highest BCUT2D eigenvalue weighted by atomic mass is 32.2. The second-order valence-electron chi connectivity index (χ2n) is 5.41. The molecule has 27 heavy (non-hydrogen) atoms. The third-order valence-electron chi connectivity index (χ3n) is 3.54. The van der Waals surface area contributed by atoms with Crippen LogP contribution in [0.15, 0.2) is 35.6 Å². The predicted molar refractivity (Wildman–Crippen MR) is 93.9 cm³/mol. The van der Waals surface area contributed by atoms with Crippen molar-refractivity contribution in [3.63, 3.8) is 0 Å². The van der Waals surface area contributed by atoms with Gasteiger partial charge in [-0.25, -0.2) is 9.97 Å². The van der Waals surface area contributed by atoms with Crippen LogP contribution in [0.3, 0.4) is 0 Å². The van der Waals surface area contributed by atoms with Gasteiger partial charge in [0.25, 0.3) is 0 Å². The highest BCUT2D eigenvalue weighted by Gasteiger charge is 2.32. The zero-order valence-electron chi connectivity index (χ0n) is 14.8. The van der Waals surface area contributed by atoms with Crippen LogP contribution in [0.4, 0.5) is 13.2 Å². The number of carbonyl (C=O) groups excluding carboxylic acids is 1. The van der Waals surface area contributed by atoms with E-state index in [-0.39, 0.29) is 16.8 Å². The maximum absolute atomic E-state index is 12.7. The van der Waals surface area contributed by atoms with Gasteiger partial charge < -0.3 is 14.8 Å². The summed E-state index contributed by atoms with van der Waals surface area (Å²) < 4.78 is 48.4. The molecule has 0 saturated heterocycles. The summed E-state index contributed by atoms with van der Waals surface area (Å²) in [6, 6.07) is 5.58. The Balaban J connectivity index is 2.00. The Morgan fingerprint density at radius 1 is 1.26 bits per heavy atom. The summed E-state index contributed by atoms with van der Waals surface area (Å²) in [4.78, 5) is 19.3. The van der Waals surface area contributed by atoms with E-state index in [0.29, 0.717) is 17.1 Å². The Bertz CT molecular complexity index is 802. The van der Waals surface area contributed by atoms with Crippen LogP contribution in [0, 0.1) is 0 Å². The van der Waals surface area contributed by atoms with Gasteiger partial charge in [0.1, 0.15) is 17.2 Å². The van der Waals surface area contributed by atoms with E-state index in [0.717, 1.165) is 24.0 Å². The number of nitrogens with zero attached hydrogens (tertiary/aromatic N) is 2. The lowest BCUT2D eigenvalue weighted by Gasteiger charge is -2.18. The number of ether oxygens (including phenoxy) is 2. The van der Waals surface area contributed by atoms with E-state index in [1.165, 1.54) is 14.2 Å². The third-order valence-corrected chi connectivity index (χ3v) is 4.40. The number of halogens is 3. The molecule has 1 N–H and O–H groups in total. The minimum atomic E-state index is -4.56. The van der Waals surface area contributed by atoms with Crippen molar-refractivity contribution in [2.24, 2.45) is 0 Å². The average Bonchev–Trinajstić information content (AvgIpc) is 2.65. The van der Waals surface area contributed by atoms with Crippen molar-refractivity contribution in [3.05, 3.63) is 41.7 Å². The first-order chi connectivity index (χ1) is 12.7. The Hall–Kier alpha value is -2.49. The number of carbonyl (C=O) groups is 1. The van der Waals surface area contributed by atoms with Gasteiger partial charge in [-0.2, -0.15) is 13.2 Å². The number of hydrogen-bond donors (Lipinski definition) is 1. The first kappa shape index (κ1) is 20.8. The van der Waals surface area contributed by atoms with Gasteiger partial charge in [-0.1, -0.05) is 11.8 Å². The summed E-state index contributed by atoms with van der Waals surface area (Å²) in [5.74, 6) is 0.687. The van der Waals surface area contributed by atoms with E-state index in [2.05, 4.69) is 15.3 Å². The molecule has 2 rings (SSSR count). The van der Waals surface area contributed by atoms with E-state index in [4.69, 9.17) is 9.47 Å². The quantitative estimate of drug-likeness (QED) is 0.566. The molecule has 1 heterocycles. The summed E-state index contributed by atoms with van der Waals surface area (Å²) >= 11 is 0.823. The van der Waals surface area contributed by atoms with Crippen LogP contribution in [0.2, 0.25) is 0 Å². The standard InChI is InChI=1S/C17H18F3N3O3S/c1-10(12-8-11(25-2)4-5-13(12)26-3)22-15(24)9-27-16-21-7-6-14(23-16)17(18,19)20/h4-8,10H,9H2,1-3H3,(H,22,24). The summed E-state index contributed by atoms with van der Waals surface area (Å²) in [5.41, 5.74) is -0.333. The molecule has 0 spiro atoms. The fourth-order valence-corrected chi connectivity index (χ4v) is 2.88. The molecule has 1 aromatic heterocycles. The number of thioether (sulfide) groups is 1. The molecule has 0 fully saturated rings. The smallest absolute Gasteiger partial charge is 0.433 e. The lowest BCUT2D eigenvalue weighted by atomic mass is 10.1. The Labute approximate surface area is 158 Å². The first-order valence-corrected chi connectivity index (χ1v) is 8.77. The van der Waals surface area contributed by atoms with Crippen LogP contribution in [-0.4, -0.2) is 35.8 Å². The fraction of sp³-hybridized carbons (Fsp3) is 0.353. The molecule has 0 bridgehead atoms. The number of aromatic nitrogens is 2. The van der Waals surface area contributed by atoms with E-state index < -0.39 is 17.9 Å². The molecule has 6 nitrogen and oxygen atoms in total. The second-order valence-corrected chi connectivity index (χ2v) is 6.35. The maximum Gasteiger partial charge on any atom is 0.433 e. The molecule has 1 unspecified atom stereocenters. The van der Waals surface area contributed by atoms with Gasteiger partial charge in [-0.05, 0) is 31.2 Å². The van der Waals surface area contributed by atoms with Crippen molar-refractivity contribution >= 4 is 17.7 Å². The number of alkyl halides is 3. The van der Waals surface area contributed by atoms with Gasteiger partial charge in [0.05, 0.1) is 26.0 Å². The van der Waals surface area contributed by atoms with Gasteiger partial charge in [-0.3, -0.25) is 4.79 Å². The SMILES string of the molecule is COc1ccc(OC)c(C(C)NC(=O)CSc2nccc(C(F)(F)F)n2)c1. The lowest BCUT2D eigenvalue weighted by molar-refractivity contribution is -0.141. The van der Waals surface area contributed by atoms with Crippen molar-refractivity contribution in [3.8, 4) is 11.5 Å². The van der Waals surface area contributed by atoms with Crippen molar-refractivity contribution < 1.29 is 27.4 Å². The van der Waals surface area contributed by atoms with Crippen LogP contribution in [0.1, 0.15) is 24.2 Å². The Morgan fingerprint density at radius 3 is 2.63 bits per heavy atom. The molecule has 1 aromatic carbocycles. The predicted octanol–water partition coefficient (Wildman–Crippen LogP) is 3.48. The Morgan fingerprint density at radius 2 is 2.00 bits per heavy atom. The minimum Gasteiger partial charge on any atom is -0.497 e. The van der Waals surface area contributed by atoms with E-state index in [1.807, 2.05) is 0 Å². The highest BCUT2D eigenvalue weighted by Crippen LogP contribution is 2.30. The average molecular weight is 401 g/mol. The van der Waals surface area contributed by atoms with Crippen molar-refractivity contribution in [1.29, 1.82) is 0 Å². The zero-order valence-corrected chi connectivity index (χ0v) is 15.6. The van der Waals surface area contributed by atoms with Gasteiger partial charge in [0.2, 0.25) is 5.91 Å². The van der Waals surface area contributed by atoms with Gasteiger partial charge in [0.15, 0.2) is 5.16 Å². The van der Waals surface area contributed by atoms with Crippen LogP contribution in [0.25, 0.3) is 0 Å². The van der Waals surface area contributed by atoms with Crippen LogP contribution in [-0.2, 0) is 11.0 Å². The molecule has 0 aliphatic rings. The Kier molecular flexibility index (Phi) is 6.89. The van der Waals surface area contributed by atoms with Crippen molar-refractivity contribution in [2.45, 2.75) is 24.3 Å². The van der Waals surface area contributed by atoms with Gasteiger partial charge in [-0.15, -0.1) is 0 Å². The molecule has 0 radical (unpaired) electrons. The first-order valence-electron chi connectivity index (χ1n) is 7.79. The molecule has 0 saturated carbocycles. The van der Waals surface area contributed by atoms with Gasteiger partial charge >= 0.3 is 6.18 Å². The normalized spacial score (nSPS) is 12.4. The number of methoxy groups -OCH3 is 2. The molecule has 2 aromatic rings.